The summed E-state index contributed by atoms with van der Waals surface area (Å²) in [6, 6.07) is 3.37. The van der Waals surface area contributed by atoms with Crippen LogP contribution in [0, 0.1) is 0 Å². The van der Waals surface area contributed by atoms with E-state index >= 15 is 0 Å². The smallest absolute Gasteiger partial charge is 0.337 e. The minimum absolute atomic E-state index is 0.0369. The molecular formula is C12H15ClN2O5S. The number of carboxylic acids is 1. The van der Waals surface area contributed by atoms with Crippen LogP contribution in [0.5, 0.6) is 0 Å². The molecule has 2 amide bonds. The predicted molar refractivity (Wildman–Crippen MR) is 79.8 cm³/mol. The van der Waals surface area contributed by atoms with Crippen LogP contribution in [0.3, 0.4) is 0 Å². The Bertz CT molecular complexity index is 645. The highest BCUT2D eigenvalue weighted by Crippen LogP contribution is 2.21. The molecule has 0 unspecified atom stereocenters. The van der Waals surface area contributed by atoms with Gasteiger partial charge in [-0.25, -0.2) is 18.0 Å². The van der Waals surface area contributed by atoms with Gasteiger partial charge in [-0.1, -0.05) is 11.6 Å². The maximum atomic E-state index is 11.6. The first-order valence-corrected chi connectivity index (χ1v) is 8.38. The second-order valence-corrected chi connectivity index (χ2v) is 7.06. The zero-order chi connectivity index (χ0) is 16.0. The van der Waals surface area contributed by atoms with Crippen molar-refractivity contribution in [1.29, 1.82) is 0 Å². The van der Waals surface area contributed by atoms with Crippen LogP contribution in [0.2, 0.25) is 5.02 Å². The zero-order valence-electron chi connectivity index (χ0n) is 11.2. The minimum atomic E-state index is -3.07. The zero-order valence-corrected chi connectivity index (χ0v) is 12.8. The first-order valence-electron chi connectivity index (χ1n) is 5.94. The molecule has 0 aromatic heterocycles. The SMILES string of the molecule is CS(=O)(=O)CCCNC(=O)Nc1cc(Cl)ccc1C(=O)O. The van der Waals surface area contributed by atoms with Gasteiger partial charge in [-0.05, 0) is 24.6 Å². The molecule has 0 aliphatic heterocycles. The molecule has 1 aromatic carbocycles. The van der Waals surface area contributed by atoms with Crippen LogP contribution in [-0.4, -0.2) is 44.1 Å². The standard InChI is InChI=1S/C12H15ClN2O5S/c1-21(19,20)6-2-5-14-12(18)15-10-7-8(13)3-4-9(10)11(16)17/h3-4,7H,2,5-6H2,1H3,(H,16,17)(H2,14,15,18). The van der Waals surface area contributed by atoms with Gasteiger partial charge in [0.15, 0.2) is 0 Å². The molecule has 0 saturated heterocycles. The molecule has 0 aliphatic carbocycles. The van der Waals surface area contributed by atoms with Crippen LogP contribution in [0.25, 0.3) is 0 Å². The number of hydrogen-bond donors (Lipinski definition) is 3. The van der Waals surface area contributed by atoms with Crippen molar-refractivity contribution in [2.75, 3.05) is 23.9 Å². The van der Waals surface area contributed by atoms with Crippen LogP contribution in [-0.2, 0) is 9.84 Å². The minimum Gasteiger partial charge on any atom is -0.478 e. The molecule has 0 radical (unpaired) electrons. The molecule has 0 heterocycles. The second kappa shape index (κ2) is 7.28. The number of sulfone groups is 1. The average molecular weight is 335 g/mol. The van der Waals surface area contributed by atoms with Gasteiger partial charge in [0.05, 0.1) is 17.0 Å². The number of carboxylic acid groups (broad SMARTS) is 1. The number of carbonyl (C=O) groups excluding carboxylic acids is 1. The Morgan fingerprint density at radius 2 is 2.00 bits per heavy atom. The van der Waals surface area contributed by atoms with Crippen LogP contribution < -0.4 is 10.6 Å². The number of amides is 2. The molecule has 1 rings (SSSR count). The maximum absolute atomic E-state index is 11.6. The van der Waals surface area contributed by atoms with E-state index in [1.54, 1.807) is 0 Å². The summed E-state index contributed by atoms with van der Waals surface area (Å²) in [6.45, 7) is 0.155. The topological polar surface area (TPSA) is 113 Å². The average Bonchev–Trinajstić information content (AvgIpc) is 2.33. The van der Waals surface area contributed by atoms with Crippen LogP contribution in [0.1, 0.15) is 16.8 Å². The van der Waals surface area contributed by atoms with Crippen molar-refractivity contribution >= 4 is 39.1 Å². The van der Waals surface area contributed by atoms with Gasteiger partial charge in [-0.15, -0.1) is 0 Å². The number of hydrogen-bond acceptors (Lipinski definition) is 4. The fourth-order valence-corrected chi connectivity index (χ4v) is 2.35. The van der Waals surface area contributed by atoms with E-state index in [-0.39, 0.29) is 35.0 Å². The van der Waals surface area contributed by atoms with Crippen molar-refractivity contribution in [2.24, 2.45) is 0 Å². The van der Waals surface area contributed by atoms with Gasteiger partial charge in [0.2, 0.25) is 0 Å². The number of rotatable bonds is 6. The fourth-order valence-electron chi connectivity index (χ4n) is 1.51. The third-order valence-corrected chi connectivity index (χ3v) is 3.70. The highest BCUT2D eigenvalue weighted by atomic mass is 35.5. The lowest BCUT2D eigenvalue weighted by molar-refractivity contribution is 0.0698. The van der Waals surface area contributed by atoms with E-state index in [1.165, 1.54) is 18.2 Å². The molecule has 0 atom stereocenters. The highest BCUT2D eigenvalue weighted by Gasteiger charge is 2.13. The summed E-state index contributed by atoms with van der Waals surface area (Å²) >= 11 is 5.75. The van der Waals surface area contributed by atoms with Gasteiger partial charge in [-0.3, -0.25) is 0 Å². The summed E-state index contributed by atoms with van der Waals surface area (Å²) in [5.41, 5.74) is -0.0266. The Morgan fingerprint density at radius 3 is 2.57 bits per heavy atom. The highest BCUT2D eigenvalue weighted by molar-refractivity contribution is 7.90. The maximum Gasteiger partial charge on any atom is 0.337 e. The molecule has 0 bridgehead atoms. The quantitative estimate of drug-likeness (QED) is 0.684. The van der Waals surface area contributed by atoms with Crippen molar-refractivity contribution in [3.63, 3.8) is 0 Å². The normalized spacial score (nSPS) is 11.0. The van der Waals surface area contributed by atoms with E-state index in [9.17, 15) is 18.0 Å². The van der Waals surface area contributed by atoms with E-state index in [1.807, 2.05) is 0 Å². The van der Waals surface area contributed by atoms with Crippen molar-refractivity contribution in [3.05, 3.63) is 28.8 Å². The Morgan fingerprint density at radius 1 is 1.33 bits per heavy atom. The summed E-state index contributed by atoms with van der Waals surface area (Å²) in [6.07, 6.45) is 1.38. The van der Waals surface area contributed by atoms with E-state index in [0.717, 1.165) is 6.26 Å². The largest absolute Gasteiger partial charge is 0.478 e. The molecule has 116 valence electrons. The first kappa shape index (κ1) is 17.3. The monoisotopic (exact) mass is 334 g/mol. The lowest BCUT2D eigenvalue weighted by Gasteiger charge is -2.10. The Kier molecular flexibility index (Phi) is 5.98. The number of benzene rings is 1. The summed E-state index contributed by atoms with van der Waals surface area (Å²) < 4.78 is 21.8. The van der Waals surface area contributed by atoms with Crippen molar-refractivity contribution < 1.29 is 23.1 Å². The number of halogens is 1. The Balaban J connectivity index is 2.59. The number of anilines is 1. The molecule has 3 N–H and O–H groups in total. The molecule has 9 heteroatoms. The molecular weight excluding hydrogens is 320 g/mol. The van der Waals surface area contributed by atoms with E-state index in [4.69, 9.17) is 16.7 Å². The summed E-state index contributed by atoms with van der Waals surface area (Å²) in [5, 5.41) is 14.1. The summed E-state index contributed by atoms with van der Waals surface area (Å²) in [7, 11) is -3.07. The third-order valence-electron chi connectivity index (χ3n) is 2.44. The van der Waals surface area contributed by atoms with Gasteiger partial charge in [0.1, 0.15) is 9.84 Å². The lowest BCUT2D eigenvalue weighted by atomic mass is 10.2. The van der Waals surface area contributed by atoms with E-state index in [0.29, 0.717) is 0 Å². The molecule has 1 aromatic rings. The second-order valence-electron chi connectivity index (χ2n) is 4.36. The van der Waals surface area contributed by atoms with Gasteiger partial charge in [-0.2, -0.15) is 0 Å². The third kappa shape index (κ3) is 6.46. The van der Waals surface area contributed by atoms with Crippen molar-refractivity contribution in [2.45, 2.75) is 6.42 Å². The number of nitrogens with one attached hydrogen (secondary N) is 2. The Labute approximate surface area is 127 Å². The molecule has 0 fully saturated rings. The number of aromatic carboxylic acids is 1. The fraction of sp³-hybridized carbons (Fsp3) is 0.333. The molecule has 0 saturated carbocycles. The lowest BCUT2D eigenvalue weighted by Crippen LogP contribution is -2.31. The van der Waals surface area contributed by atoms with E-state index < -0.39 is 21.8 Å². The molecule has 21 heavy (non-hydrogen) atoms. The Hall–Kier alpha value is -1.80. The van der Waals surface area contributed by atoms with Crippen molar-refractivity contribution in [3.8, 4) is 0 Å². The summed E-state index contributed by atoms with van der Waals surface area (Å²) in [4.78, 5) is 22.6. The summed E-state index contributed by atoms with van der Waals surface area (Å²) in [5.74, 6) is -1.23. The van der Waals surface area contributed by atoms with Crippen LogP contribution in [0.15, 0.2) is 18.2 Å². The molecule has 7 nitrogen and oxygen atoms in total. The van der Waals surface area contributed by atoms with Gasteiger partial charge in [0.25, 0.3) is 0 Å². The van der Waals surface area contributed by atoms with Gasteiger partial charge in [0, 0.05) is 17.8 Å². The van der Waals surface area contributed by atoms with E-state index in [2.05, 4.69) is 10.6 Å². The number of urea groups is 1. The van der Waals surface area contributed by atoms with Crippen molar-refractivity contribution in [1.82, 2.24) is 5.32 Å². The van der Waals surface area contributed by atoms with Crippen LogP contribution >= 0.6 is 11.6 Å². The van der Waals surface area contributed by atoms with Gasteiger partial charge < -0.3 is 15.7 Å². The number of carbonyl (C=O) groups is 2. The predicted octanol–water partition coefficient (Wildman–Crippen LogP) is 1.59. The van der Waals surface area contributed by atoms with Crippen LogP contribution in [0.4, 0.5) is 10.5 Å². The molecule has 0 spiro atoms. The van der Waals surface area contributed by atoms with Gasteiger partial charge >= 0.3 is 12.0 Å². The first-order chi connectivity index (χ1) is 9.69. The molecule has 0 aliphatic rings.